The smallest absolute Gasteiger partial charge is 0.0720 e. The van der Waals surface area contributed by atoms with Crippen molar-refractivity contribution in [2.45, 2.75) is 50.8 Å². The van der Waals surface area contributed by atoms with Gasteiger partial charge in [0, 0.05) is 25.7 Å². The minimum Gasteiger partial charge on any atom is -0.391 e. The van der Waals surface area contributed by atoms with Crippen molar-refractivity contribution in [1.29, 1.82) is 0 Å². The number of rotatable bonds is 4. The number of hydrogen-bond acceptors (Lipinski definition) is 3. The number of aryl methyl sites for hydroxylation is 1. The molecule has 2 fully saturated rings. The fourth-order valence-electron chi connectivity index (χ4n) is 4.85. The van der Waals surface area contributed by atoms with Gasteiger partial charge >= 0.3 is 0 Å². The number of aliphatic hydroxyl groups is 1. The molecule has 4 rings (SSSR count). The van der Waals surface area contributed by atoms with Crippen LogP contribution < -0.4 is 0 Å². The zero-order valence-electron chi connectivity index (χ0n) is 16.4. The summed E-state index contributed by atoms with van der Waals surface area (Å²) in [5.74, 6) is 0.673. The molecule has 0 aromatic heterocycles. The second kappa shape index (κ2) is 8.55. The predicted molar refractivity (Wildman–Crippen MR) is 111 cm³/mol. The van der Waals surface area contributed by atoms with Crippen molar-refractivity contribution in [1.82, 2.24) is 9.80 Å². The third-order valence-corrected chi connectivity index (χ3v) is 6.39. The van der Waals surface area contributed by atoms with Crippen LogP contribution in [0.5, 0.6) is 0 Å². The molecular weight excluding hydrogens is 332 g/mol. The average Bonchev–Trinajstić information content (AvgIpc) is 2.70. The molecule has 2 saturated heterocycles. The number of benzene rings is 2. The van der Waals surface area contributed by atoms with Gasteiger partial charge in [-0.3, -0.25) is 9.80 Å². The third-order valence-electron chi connectivity index (χ3n) is 6.39. The summed E-state index contributed by atoms with van der Waals surface area (Å²) < 4.78 is 0. The lowest BCUT2D eigenvalue weighted by atomic mass is 9.88. The average molecular weight is 365 g/mol. The molecule has 0 unspecified atom stereocenters. The summed E-state index contributed by atoms with van der Waals surface area (Å²) in [6, 6.07) is 20.0. The van der Waals surface area contributed by atoms with Gasteiger partial charge in [-0.15, -0.1) is 0 Å². The summed E-state index contributed by atoms with van der Waals surface area (Å²) in [6.07, 6.45) is 3.10. The fourth-order valence-corrected chi connectivity index (χ4v) is 4.85. The van der Waals surface area contributed by atoms with Gasteiger partial charge in [0.2, 0.25) is 0 Å². The zero-order chi connectivity index (χ0) is 18.6. The maximum Gasteiger partial charge on any atom is 0.0720 e. The van der Waals surface area contributed by atoms with Crippen LogP contribution in [-0.2, 0) is 6.54 Å². The minimum atomic E-state index is -0.188. The van der Waals surface area contributed by atoms with Gasteiger partial charge in [-0.25, -0.2) is 0 Å². The van der Waals surface area contributed by atoms with E-state index >= 15 is 0 Å². The van der Waals surface area contributed by atoms with Gasteiger partial charge in [-0.1, -0.05) is 60.2 Å². The van der Waals surface area contributed by atoms with E-state index in [0.29, 0.717) is 5.92 Å². The Labute approximate surface area is 163 Å². The van der Waals surface area contributed by atoms with Crippen LogP contribution in [0.2, 0.25) is 0 Å². The summed E-state index contributed by atoms with van der Waals surface area (Å²) in [5, 5.41) is 10.7. The molecule has 1 N–H and O–H groups in total. The van der Waals surface area contributed by atoms with Crippen molar-refractivity contribution in [3.05, 3.63) is 71.3 Å². The highest BCUT2D eigenvalue weighted by atomic mass is 16.3. The van der Waals surface area contributed by atoms with Crippen LogP contribution in [0.4, 0.5) is 0 Å². The van der Waals surface area contributed by atoms with Crippen molar-refractivity contribution in [2.75, 3.05) is 26.2 Å². The molecule has 144 valence electrons. The molecule has 0 amide bonds. The van der Waals surface area contributed by atoms with Gasteiger partial charge in [0.25, 0.3) is 0 Å². The van der Waals surface area contributed by atoms with Crippen LogP contribution in [-0.4, -0.2) is 53.2 Å². The molecule has 2 atom stereocenters. The molecule has 2 aromatic rings. The Morgan fingerprint density at radius 3 is 2.44 bits per heavy atom. The molecule has 27 heavy (non-hydrogen) atoms. The van der Waals surface area contributed by atoms with E-state index in [1.54, 1.807) is 0 Å². The molecule has 2 heterocycles. The Kier molecular flexibility index (Phi) is 5.92. The standard InChI is InChI=1S/C24H32N2O/c1-19-6-5-7-20(16-19)17-25-13-12-24(27)23(18-25)26-14-10-22(11-15-26)21-8-3-2-4-9-21/h2-9,16,22-24,27H,10-15,17-18H2,1H3/t23-,24-/m1/s1. The van der Waals surface area contributed by atoms with Crippen LogP contribution >= 0.6 is 0 Å². The van der Waals surface area contributed by atoms with E-state index in [9.17, 15) is 5.11 Å². The summed E-state index contributed by atoms with van der Waals surface area (Å²) >= 11 is 0. The largest absolute Gasteiger partial charge is 0.391 e. The normalized spacial score (nSPS) is 25.6. The fraction of sp³-hybridized carbons (Fsp3) is 0.500. The lowest BCUT2D eigenvalue weighted by Gasteiger charge is -2.45. The van der Waals surface area contributed by atoms with Crippen molar-refractivity contribution < 1.29 is 5.11 Å². The molecule has 0 radical (unpaired) electrons. The lowest BCUT2D eigenvalue weighted by molar-refractivity contribution is -0.0222. The van der Waals surface area contributed by atoms with Crippen molar-refractivity contribution >= 4 is 0 Å². The summed E-state index contributed by atoms with van der Waals surface area (Å²) in [4.78, 5) is 5.07. The zero-order valence-corrected chi connectivity index (χ0v) is 16.4. The molecule has 0 aliphatic carbocycles. The van der Waals surface area contributed by atoms with E-state index in [2.05, 4.69) is 71.3 Å². The summed E-state index contributed by atoms with van der Waals surface area (Å²) in [5.41, 5.74) is 4.18. The number of likely N-dealkylation sites (tertiary alicyclic amines) is 2. The van der Waals surface area contributed by atoms with Crippen LogP contribution in [0.15, 0.2) is 54.6 Å². The van der Waals surface area contributed by atoms with Crippen molar-refractivity contribution in [3.8, 4) is 0 Å². The van der Waals surface area contributed by atoms with E-state index in [1.165, 1.54) is 29.5 Å². The Hall–Kier alpha value is -1.68. The van der Waals surface area contributed by atoms with Gasteiger partial charge in [-0.2, -0.15) is 0 Å². The quantitative estimate of drug-likeness (QED) is 0.894. The first kappa shape index (κ1) is 18.7. The molecule has 0 spiro atoms. The van der Waals surface area contributed by atoms with Crippen LogP contribution in [0.1, 0.15) is 41.9 Å². The Morgan fingerprint density at radius 2 is 1.70 bits per heavy atom. The van der Waals surface area contributed by atoms with Gasteiger partial charge in [0.1, 0.15) is 0 Å². The molecule has 0 bridgehead atoms. The second-order valence-electron chi connectivity index (χ2n) is 8.37. The number of aliphatic hydroxyl groups excluding tert-OH is 1. The molecule has 3 heteroatoms. The molecular formula is C24H32N2O. The molecule has 2 aliphatic heterocycles. The lowest BCUT2D eigenvalue weighted by Crippen LogP contribution is -2.56. The topological polar surface area (TPSA) is 26.7 Å². The molecule has 3 nitrogen and oxygen atoms in total. The highest BCUT2D eigenvalue weighted by Gasteiger charge is 2.34. The van der Waals surface area contributed by atoms with Gasteiger partial charge in [0.05, 0.1) is 6.10 Å². The van der Waals surface area contributed by atoms with E-state index in [4.69, 9.17) is 0 Å². The highest BCUT2D eigenvalue weighted by Crippen LogP contribution is 2.30. The van der Waals surface area contributed by atoms with Crippen molar-refractivity contribution in [3.63, 3.8) is 0 Å². The van der Waals surface area contributed by atoms with Gasteiger partial charge in [-0.05, 0) is 56.3 Å². The Morgan fingerprint density at radius 1 is 0.926 bits per heavy atom. The molecule has 2 aliphatic rings. The minimum absolute atomic E-state index is 0.188. The molecule has 0 saturated carbocycles. The van der Waals surface area contributed by atoms with Crippen LogP contribution in [0.3, 0.4) is 0 Å². The third kappa shape index (κ3) is 4.60. The summed E-state index contributed by atoms with van der Waals surface area (Å²) in [7, 11) is 0. The maximum atomic E-state index is 10.7. The first-order valence-corrected chi connectivity index (χ1v) is 10.4. The van der Waals surface area contributed by atoms with Gasteiger partial charge < -0.3 is 5.11 Å². The Balaban J connectivity index is 1.35. The van der Waals surface area contributed by atoms with E-state index in [-0.39, 0.29) is 12.1 Å². The second-order valence-corrected chi connectivity index (χ2v) is 8.37. The van der Waals surface area contributed by atoms with Gasteiger partial charge in [0.15, 0.2) is 0 Å². The van der Waals surface area contributed by atoms with Crippen LogP contribution in [0, 0.1) is 6.92 Å². The van der Waals surface area contributed by atoms with E-state index in [0.717, 1.165) is 39.1 Å². The Bertz CT molecular complexity index is 724. The maximum absolute atomic E-state index is 10.7. The number of piperidine rings is 2. The number of hydrogen-bond donors (Lipinski definition) is 1. The number of nitrogens with zero attached hydrogens (tertiary/aromatic N) is 2. The van der Waals surface area contributed by atoms with E-state index in [1.807, 2.05) is 0 Å². The predicted octanol–water partition coefficient (Wildman–Crippen LogP) is 3.81. The molecule has 2 aromatic carbocycles. The highest BCUT2D eigenvalue weighted by molar-refractivity contribution is 5.22. The first-order chi connectivity index (χ1) is 13.2. The van der Waals surface area contributed by atoms with E-state index < -0.39 is 0 Å². The summed E-state index contributed by atoms with van der Waals surface area (Å²) in [6.45, 7) is 7.31. The van der Waals surface area contributed by atoms with Crippen molar-refractivity contribution in [2.24, 2.45) is 0 Å². The monoisotopic (exact) mass is 364 g/mol. The SMILES string of the molecule is Cc1cccc(CN2CC[C@@H](O)[C@H](N3CCC(c4ccccc4)CC3)C2)c1. The van der Waals surface area contributed by atoms with Crippen LogP contribution in [0.25, 0.3) is 0 Å². The first-order valence-electron chi connectivity index (χ1n) is 10.4.